The molecule has 1 N–H and O–H groups in total. The van der Waals surface area contributed by atoms with E-state index in [0.717, 1.165) is 31.2 Å². The summed E-state index contributed by atoms with van der Waals surface area (Å²) in [5.74, 6) is 1.02. The highest BCUT2D eigenvalue weighted by atomic mass is 32.2. The fourth-order valence-corrected chi connectivity index (χ4v) is 7.46. The number of fused-ring (bicyclic) bond motifs is 3. The molecule has 0 amide bonds. The molecule has 3 nitrogen and oxygen atoms in total. The first-order valence-electron chi connectivity index (χ1n) is 11.7. The Kier molecular flexibility index (Phi) is 5.85. The Hall–Kier alpha value is -1.65. The summed E-state index contributed by atoms with van der Waals surface area (Å²) < 4.78 is 28.9. The van der Waals surface area contributed by atoms with Crippen LogP contribution in [0.3, 0.4) is 0 Å². The van der Waals surface area contributed by atoms with Crippen molar-refractivity contribution in [2.45, 2.75) is 83.0 Å². The van der Waals surface area contributed by atoms with E-state index in [9.17, 15) is 8.42 Å². The van der Waals surface area contributed by atoms with Gasteiger partial charge in [-0.2, -0.15) is 0 Å². The van der Waals surface area contributed by atoms with Crippen molar-refractivity contribution >= 4 is 10.0 Å². The zero-order valence-electron chi connectivity index (χ0n) is 19.7. The first-order chi connectivity index (χ1) is 14.6. The molecule has 0 bridgehead atoms. The molecule has 2 aliphatic carbocycles. The summed E-state index contributed by atoms with van der Waals surface area (Å²) in [6.45, 7) is 11.7. The van der Waals surface area contributed by atoms with Gasteiger partial charge in [-0.3, -0.25) is 0 Å². The number of rotatable bonds is 5. The van der Waals surface area contributed by atoms with Gasteiger partial charge in [-0.05, 0) is 84.1 Å². The molecule has 2 aliphatic rings. The summed E-state index contributed by atoms with van der Waals surface area (Å²) in [5.41, 5.74) is 5.57. The molecular weight excluding hydrogens is 402 g/mol. The molecular formula is C27H37NO2S. The normalized spacial score (nSPS) is 28.3. The lowest BCUT2D eigenvalue weighted by molar-refractivity contribution is 0.0299. The minimum absolute atomic E-state index is 0.0425. The summed E-state index contributed by atoms with van der Waals surface area (Å²) in [7, 11) is -3.50. The predicted octanol–water partition coefficient (Wildman–Crippen LogP) is 6.11. The monoisotopic (exact) mass is 439 g/mol. The van der Waals surface area contributed by atoms with Gasteiger partial charge >= 0.3 is 0 Å². The minimum Gasteiger partial charge on any atom is -0.211 e. The molecule has 31 heavy (non-hydrogen) atoms. The molecule has 1 saturated carbocycles. The fraction of sp³-hybridized carbons (Fsp3) is 0.556. The van der Waals surface area contributed by atoms with Crippen LogP contribution in [0, 0.1) is 18.3 Å². The molecule has 1 fully saturated rings. The van der Waals surface area contributed by atoms with Gasteiger partial charge in [0, 0.05) is 6.54 Å². The van der Waals surface area contributed by atoms with Crippen molar-refractivity contribution in [2.75, 3.05) is 6.54 Å². The SMILES string of the molecule is Cc1ccc(S(=O)(=O)NC[C@]2(C)CCC[C@]3(C)c4ccc(C(C)C)cc4CCC23)cc1. The van der Waals surface area contributed by atoms with Crippen molar-refractivity contribution in [3.8, 4) is 0 Å². The van der Waals surface area contributed by atoms with Gasteiger partial charge in [0.15, 0.2) is 0 Å². The Balaban J connectivity index is 1.59. The van der Waals surface area contributed by atoms with Crippen LogP contribution >= 0.6 is 0 Å². The molecule has 0 radical (unpaired) electrons. The fourth-order valence-electron chi connectivity index (χ4n) is 6.28. The van der Waals surface area contributed by atoms with Gasteiger partial charge < -0.3 is 0 Å². The maximum atomic E-state index is 13.0. The standard InChI is InChI=1S/C27H37NO2S/c1-19(2)21-9-13-24-22(17-21)10-14-25-26(4,15-6-16-27(24,25)5)18-28-31(29,30)23-11-7-20(3)8-12-23/h7-9,11-13,17,19,25,28H,6,10,14-16,18H2,1-5H3/t25?,26-,27+/m0/s1. The number of hydrogen-bond acceptors (Lipinski definition) is 2. The molecule has 3 atom stereocenters. The molecule has 0 saturated heterocycles. The van der Waals surface area contributed by atoms with E-state index in [1.807, 2.05) is 19.1 Å². The molecule has 4 rings (SSSR count). The predicted molar refractivity (Wildman–Crippen MR) is 128 cm³/mol. The molecule has 0 aliphatic heterocycles. The Labute approximate surface area is 188 Å². The number of aryl methyl sites for hydroxylation is 2. The number of benzene rings is 2. The van der Waals surface area contributed by atoms with E-state index in [1.54, 1.807) is 12.1 Å². The Morgan fingerprint density at radius 3 is 2.45 bits per heavy atom. The first-order valence-corrected chi connectivity index (χ1v) is 13.2. The Morgan fingerprint density at radius 1 is 1.06 bits per heavy atom. The van der Waals surface area contributed by atoms with Crippen molar-refractivity contribution in [1.29, 1.82) is 0 Å². The van der Waals surface area contributed by atoms with Crippen LogP contribution in [0.2, 0.25) is 0 Å². The Morgan fingerprint density at radius 2 is 1.77 bits per heavy atom. The third-order valence-corrected chi connectivity index (χ3v) is 9.58. The van der Waals surface area contributed by atoms with E-state index in [2.05, 4.69) is 50.6 Å². The van der Waals surface area contributed by atoms with Crippen LogP contribution in [0.1, 0.15) is 81.5 Å². The number of sulfonamides is 1. The van der Waals surface area contributed by atoms with Crippen LogP contribution in [0.5, 0.6) is 0 Å². The van der Waals surface area contributed by atoms with Gasteiger partial charge in [-0.15, -0.1) is 0 Å². The maximum absolute atomic E-state index is 13.0. The third kappa shape index (κ3) is 4.09. The average molecular weight is 440 g/mol. The third-order valence-electron chi connectivity index (χ3n) is 8.17. The maximum Gasteiger partial charge on any atom is 0.240 e. The molecule has 0 spiro atoms. The van der Waals surface area contributed by atoms with Crippen LogP contribution in [0.25, 0.3) is 0 Å². The summed E-state index contributed by atoms with van der Waals surface area (Å²) in [6.07, 6.45) is 5.63. The number of nitrogens with one attached hydrogen (secondary N) is 1. The van der Waals surface area contributed by atoms with E-state index in [-0.39, 0.29) is 10.8 Å². The lowest BCUT2D eigenvalue weighted by atomic mass is 9.50. The quantitative estimate of drug-likeness (QED) is 0.611. The van der Waals surface area contributed by atoms with Gasteiger partial charge in [-0.1, -0.05) is 70.0 Å². The summed E-state index contributed by atoms with van der Waals surface area (Å²) in [5, 5.41) is 0. The molecule has 2 aromatic carbocycles. The smallest absolute Gasteiger partial charge is 0.211 e. The van der Waals surface area contributed by atoms with Crippen LogP contribution < -0.4 is 4.72 Å². The molecule has 2 aromatic rings. The van der Waals surface area contributed by atoms with Crippen molar-refractivity contribution in [3.63, 3.8) is 0 Å². The molecule has 1 unspecified atom stereocenters. The van der Waals surface area contributed by atoms with E-state index in [1.165, 1.54) is 23.1 Å². The minimum atomic E-state index is -3.50. The molecule has 0 aromatic heterocycles. The van der Waals surface area contributed by atoms with E-state index < -0.39 is 10.0 Å². The lowest BCUT2D eigenvalue weighted by Gasteiger charge is -2.55. The van der Waals surface area contributed by atoms with Gasteiger partial charge in [0.25, 0.3) is 0 Å². The zero-order valence-corrected chi connectivity index (χ0v) is 20.5. The van der Waals surface area contributed by atoms with Crippen LogP contribution in [-0.4, -0.2) is 15.0 Å². The molecule has 168 valence electrons. The van der Waals surface area contributed by atoms with Crippen molar-refractivity contribution < 1.29 is 8.42 Å². The zero-order chi connectivity index (χ0) is 22.4. The highest BCUT2D eigenvalue weighted by Crippen LogP contribution is 2.57. The van der Waals surface area contributed by atoms with Gasteiger partial charge in [0.2, 0.25) is 10.0 Å². The van der Waals surface area contributed by atoms with E-state index in [4.69, 9.17) is 0 Å². The van der Waals surface area contributed by atoms with E-state index in [0.29, 0.717) is 23.3 Å². The molecule has 4 heteroatoms. The summed E-state index contributed by atoms with van der Waals surface area (Å²) in [6, 6.07) is 14.2. The summed E-state index contributed by atoms with van der Waals surface area (Å²) >= 11 is 0. The topological polar surface area (TPSA) is 46.2 Å². The first kappa shape index (κ1) is 22.5. The van der Waals surface area contributed by atoms with Gasteiger partial charge in [0.1, 0.15) is 0 Å². The van der Waals surface area contributed by atoms with Crippen molar-refractivity contribution in [1.82, 2.24) is 4.72 Å². The number of hydrogen-bond donors (Lipinski definition) is 1. The van der Waals surface area contributed by atoms with Gasteiger partial charge in [0.05, 0.1) is 4.90 Å². The average Bonchev–Trinajstić information content (AvgIpc) is 2.72. The van der Waals surface area contributed by atoms with Gasteiger partial charge in [-0.25, -0.2) is 13.1 Å². The second kappa shape index (κ2) is 8.04. The van der Waals surface area contributed by atoms with Crippen molar-refractivity contribution in [3.05, 3.63) is 64.7 Å². The van der Waals surface area contributed by atoms with Crippen LogP contribution in [0.4, 0.5) is 0 Å². The Bertz CT molecular complexity index is 1060. The van der Waals surface area contributed by atoms with E-state index >= 15 is 0 Å². The lowest BCUT2D eigenvalue weighted by Crippen LogP contribution is -2.53. The highest BCUT2D eigenvalue weighted by Gasteiger charge is 2.51. The molecule has 0 heterocycles. The largest absolute Gasteiger partial charge is 0.240 e. The second-order valence-corrected chi connectivity index (χ2v) is 12.5. The highest BCUT2D eigenvalue weighted by molar-refractivity contribution is 7.89. The summed E-state index contributed by atoms with van der Waals surface area (Å²) in [4.78, 5) is 0.357. The van der Waals surface area contributed by atoms with Crippen LogP contribution in [0.15, 0.2) is 47.4 Å². The van der Waals surface area contributed by atoms with Crippen LogP contribution in [-0.2, 0) is 21.9 Å². The second-order valence-electron chi connectivity index (χ2n) is 10.7. The van der Waals surface area contributed by atoms with Crippen molar-refractivity contribution in [2.24, 2.45) is 11.3 Å².